The first-order valence-electron chi connectivity index (χ1n) is 6.28. The molecule has 1 aromatic rings. The van der Waals surface area contributed by atoms with Crippen LogP contribution in [0, 0.1) is 0 Å². The molecular formula is C13H17N3O3S. The van der Waals surface area contributed by atoms with Crippen LogP contribution in [-0.2, 0) is 9.53 Å². The van der Waals surface area contributed by atoms with Crippen molar-refractivity contribution in [1.29, 1.82) is 0 Å². The second kappa shape index (κ2) is 6.13. The van der Waals surface area contributed by atoms with Crippen molar-refractivity contribution >= 4 is 35.1 Å². The van der Waals surface area contributed by atoms with Gasteiger partial charge in [-0.25, -0.2) is 4.79 Å². The molecule has 0 saturated heterocycles. The molecule has 1 atom stereocenters. The lowest BCUT2D eigenvalue weighted by Crippen LogP contribution is -2.53. The quantitative estimate of drug-likeness (QED) is 0.924. The van der Waals surface area contributed by atoms with Gasteiger partial charge in [-0.15, -0.1) is 0 Å². The van der Waals surface area contributed by atoms with Crippen LogP contribution in [0.3, 0.4) is 0 Å². The number of hydrogen-bond acceptors (Lipinski definition) is 5. The van der Waals surface area contributed by atoms with Gasteiger partial charge in [0.1, 0.15) is 6.04 Å². The van der Waals surface area contributed by atoms with Crippen molar-refractivity contribution in [2.24, 2.45) is 0 Å². The number of aromatic nitrogens is 1. The number of hydrogen-bond donors (Lipinski definition) is 1. The molecule has 2 rings (SSSR count). The lowest BCUT2D eigenvalue weighted by Gasteiger charge is -2.35. The highest BCUT2D eigenvalue weighted by molar-refractivity contribution is 7.98. The molecule has 1 aromatic heterocycles. The van der Waals surface area contributed by atoms with Gasteiger partial charge in [-0.2, -0.15) is 11.8 Å². The lowest BCUT2D eigenvalue weighted by molar-refractivity contribution is -0.117. The van der Waals surface area contributed by atoms with E-state index in [0.29, 0.717) is 17.1 Å². The van der Waals surface area contributed by atoms with Gasteiger partial charge in [0.15, 0.2) is 0 Å². The van der Waals surface area contributed by atoms with Crippen molar-refractivity contribution in [1.82, 2.24) is 4.98 Å². The third-order valence-electron chi connectivity index (χ3n) is 2.79. The van der Waals surface area contributed by atoms with Gasteiger partial charge in [0.2, 0.25) is 5.91 Å². The maximum atomic E-state index is 12.3. The van der Waals surface area contributed by atoms with Gasteiger partial charge in [0.05, 0.1) is 23.7 Å². The molecule has 0 aromatic carbocycles. The van der Waals surface area contributed by atoms with Gasteiger partial charge < -0.3 is 10.1 Å². The van der Waals surface area contributed by atoms with Crippen LogP contribution in [0.25, 0.3) is 0 Å². The third-order valence-corrected chi connectivity index (χ3v) is 3.44. The SMILES string of the molecule is CSCC1C(=O)Nc2cnccc2N1C(=O)OC(C)C. The van der Waals surface area contributed by atoms with E-state index in [0.717, 1.165) is 0 Å². The average Bonchev–Trinajstić information content (AvgIpc) is 2.38. The van der Waals surface area contributed by atoms with E-state index >= 15 is 0 Å². The topological polar surface area (TPSA) is 71.5 Å². The minimum absolute atomic E-state index is 0.222. The first-order valence-corrected chi connectivity index (χ1v) is 7.67. The minimum Gasteiger partial charge on any atom is -0.446 e. The Hall–Kier alpha value is -1.76. The van der Waals surface area contributed by atoms with Crippen molar-refractivity contribution in [2.45, 2.75) is 26.0 Å². The van der Waals surface area contributed by atoms with Crippen LogP contribution in [-0.4, -0.2) is 41.1 Å². The number of fused-ring (bicyclic) bond motifs is 1. The molecular weight excluding hydrogens is 278 g/mol. The maximum absolute atomic E-state index is 12.3. The van der Waals surface area contributed by atoms with Gasteiger partial charge in [-0.1, -0.05) is 0 Å². The van der Waals surface area contributed by atoms with Gasteiger partial charge in [0, 0.05) is 11.9 Å². The fourth-order valence-electron chi connectivity index (χ4n) is 1.99. The fraction of sp³-hybridized carbons (Fsp3) is 0.462. The summed E-state index contributed by atoms with van der Waals surface area (Å²) in [5.74, 6) is 0.279. The Labute approximate surface area is 121 Å². The van der Waals surface area contributed by atoms with E-state index in [4.69, 9.17) is 4.74 Å². The standard InChI is InChI=1S/C13H17N3O3S/c1-8(2)19-13(18)16-10-4-5-14-6-9(10)15-12(17)11(16)7-20-3/h4-6,8,11H,7H2,1-3H3,(H,15,17). The molecule has 1 aliphatic heterocycles. The van der Waals surface area contributed by atoms with Crippen LogP contribution < -0.4 is 10.2 Å². The predicted octanol–water partition coefficient (Wildman–Crippen LogP) is 2.12. The first kappa shape index (κ1) is 14.6. The van der Waals surface area contributed by atoms with E-state index in [-0.39, 0.29) is 12.0 Å². The molecule has 6 nitrogen and oxygen atoms in total. The van der Waals surface area contributed by atoms with Crippen molar-refractivity contribution in [3.8, 4) is 0 Å². The Kier molecular flexibility index (Phi) is 4.49. The Morgan fingerprint density at radius 1 is 1.60 bits per heavy atom. The van der Waals surface area contributed by atoms with E-state index in [9.17, 15) is 9.59 Å². The van der Waals surface area contributed by atoms with Gasteiger partial charge in [-0.05, 0) is 26.2 Å². The molecule has 1 N–H and O–H groups in total. The zero-order valence-electron chi connectivity index (χ0n) is 11.6. The van der Waals surface area contributed by atoms with Crippen molar-refractivity contribution in [3.63, 3.8) is 0 Å². The predicted molar refractivity (Wildman–Crippen MR) is 79.1 cm³/mol. The Bertz CT molecular complexity index is 521. The van der Waals surface area contributed by atoms with E-state index in [1.807, 2.05) is 6.26 Å². The van der Waals surface area contributed by atoms with E-state index in [1.165, 1.54) is 22.9 Å². The number of nitrogens with zero attached hydrogens (tertiary/aromatic N) is 2. The summed E-state index contributed by atoms with van der Waals surface area (Å²) in [4.78, 5) is 29.8. The highest BCUT2D eigenvalue weighted by Gasteiger charge is 2.37. The molecule has 1 aliphatic rings. The number of ether oxygens (including phenoxy) is 1. The van der Waals surface area contributed by atoms with Gasteiger partial charge >= 0.3 is 6.09 Å². The molecule has 0 bridgehead atoms. The molecule has 0 radical (unpaired) electrons. The van der Waals surface area contributed by atoms with Crippen LogP contribution >= 0.6 is 11.8 Å². The van der Waals surface area contributed by atoms with Gasteiger partial charge in [0.25, 0.3) is 0 Å². The molecule has 0 spiro atoms. The fourth-order valence-corrected chi connectivity index (χ4v) is 2.60. The summed E-state index contributed by atoms with van der Waals surface area (Å²) < 4.78 is 5.25. The highest BCUT2D eigenvalue weighted by Crippen LogP contribution is 2.32. The van der Waals surface area contributed by atoms with Crippen LogP contribution in [0.4, 0.5) is 16.2 Å². The Morgan fingerprint density at radius 3 is 3.00 bits per heavy atom. The van der Waals surface area contributed by atoms with Crippen molar-refractivity contribution in [2.75, 3.05) is 22.2 Å². The number of thioether (sulfide) groups is 1. The second-order valence-corrected chi connectivity index (χ2v) is 5.57. The van der Waals surface area contributed by atoms with E-state index < -0.39 is 12.1 Å². The van der Waals surface area contributed by atoms with E-state index in [2.05, 4.69) is 10.3 Å². The maximum Gasteiger partial charge on any atom is 0.415 e. The summed E-state index contributed by atoms with van der Waals surface area (Å²) >= 11 is 1.50. The minimum atomic E-state index is -0.578. The molecule has 2 heterocycles. The molecule has 2 amide bonds. The second-order valence-electron chi connectivity index (χ2n) is 4.66. The van der Waals surface area contributed by atoms with Crippen LogP contribution in [0.15, 0.2) is 18.5 Å². The smallest absolute Gasteiger partial charge is 0.415 e. The zero-order valence-corrected chi connectivity index (χ0v) is 12.4. The number of anilines is 2. The Morgan fingerprint density at radius 2 is 2.35 bits per heavy atom. The number of carbonyl (C=O) groups excluding carboxylic acids is 2. The molecule has 7 heteroatoms. The summed E-state index contributed by atoms with van der Waals surface area (Å²) in [6.45, 7) is 3.55. The largest absolute Gasteiger partial charge is 0.446 e. The number of amides is 2. The van der Waals surface area contributed by atoms with Crippen molar-refractivity contribution in [3.05, 3.63) is 18.5 Å². The number of nitrogens with one attached hydrogen (secondary N) is 1. The summed E-state index contributed by atoms with van der Waals surface area (Å²) in [6, 6.07) is 1.12. The number of rotatable bonds is 3. The van der Waals surface area contributed by atoms with E-state index in [1.54, 1.807) is 26.1 Å². The summed E-state index contributed by atoms with van der Waals surface area (Å²) in [5.41, 5.74) is 1.14. The number of pyridine rings is 1. The molecule has 0 saturated carbocycles. The number of carbonyl (C=O) groups is 2. The van der Waals surface area contributed by atoms with Gasteiger partial charge in [-0.3, -0.25) is 14.7 Å². The lowest BCUT2D eigenvalue weighted by atomic mass is 10.1. The average molecular weight is 295 g/mol. The highest BCUT2D eigenvalue weighted by atomic mass is 32.2. The summed E-state index contributed by atoms with van der Waals surface area (Å²) in [6.07, 6.45) is 4.25. The molecule has 0 aliphatic carbocycles. The van der Waals surface area contributed by atoms with Crippen LogP contribution in [0.2, 0.25) is 0 Å². The van der Waals surface area contributed by atoms with Crippen molar-refractivity contribution < 1.29 is 14.3 Å². The Balaban J connectivity index is 2.40. The molecule has 20 heavy (non-hydrogen) atoms. The summed E-state index contributed by atoms with van der Waals surface area (Å²) in [7, 11) is 0. The normalized spacial score (nSPS) is 17.7. The monoisotopic (exact) mass is 295 g/mol. The van der Waals surface area contributed by atoms with Crippen LogP contribution in [0.5, 0.6) is 0 Å². The molecule has 108 valence electrons. The molecule has 1 unspecified atom stereocenters. The zero-order chi connectivity index (χ0) is 14.7. The first-order chi connectivity index (χ1) is 9.54. The third kappa shape index (κ3) is 2.87. The summed E-state index contributed by atoms with van der Waals surface area (Å²) in [5, 5.41) is 2.77. The van der Waals surface area contributed by atoms with Crippen LogP contribution in [0.1, 0.15) is 13.8 Å². The molecule has 0 fully saturated rings.